The Labute approximate surface area is 138 Å². The molecule has 0 bridgehead atoms. The molecular formula is C17H28N2O4. The van der Waals surface area contributed by atoms with E-state index in [4.69, 9.17) is 14.2 Å². The lowest BCUT2D eigenvalue weighted by atomic mass is 10.1. The van der Waals surface area contributed by atoms with Crippen molar-refractivity contribution in [3.8, 4) is 17.2 Å². The maximum absolute atomic E-state index is 12.0. The van der Waals surface area contributed by atoms with Crippen LogP contribution < -0.4 is 24.8 Å². The lowest BCUT2D eigenvalue weighted by Gasteiger charge is -2.16. The molecule has 0 unspecified atom stereocenters. The Bertz CT molecular complexity index is 506. The normalized spacial score (nSPS) is 11.7. The molecule has 0 aromatic heterocycles. The summed E-state index contributed by atoms with van der Waals surface area (Å²) in [4.78, 5) is 12.0. The Morgan fingerprint density at radius 2 is 1.83 bits per heavy atom. The molecule has 0 aliphatic carbocycles. The zero-order valence-electron chi connectivity index (χ0n) is 14.7. The lowest BCUT2D eigenvalue weighted by molar-refractivity contribution is -0.121. The van der Waals surface area contributed by atoms with Gasteiger partial charge in [0.2, 0.25) is 11.7 Å². The summed E-state index contributed by atoms with van der Waals surface area (Å²) in [5, 5.41) is 6.18. The van der Waals surface area contributed by atoms with E-state index >= 15 is 0 Å². The van der Waals surface area contributed by atoms with Crippen LogP contribution >= 0.6 is 0 Å². The number of methoxy groups -OCH3 is 3. The molecule has 1 aromatic carbocycles. The predicted molar refractivity (Wildman–Crippen MR) is 90.6 cm³/mol. The Kier molecular flexibility index (Phi) is 8.26. The van der Waals surface area contributed by atoms with E-state index < -0.39 is 0 Å². The van der Waals surface area contributed by atoms with E-state index in [9.17, 15) is 4.79 Å². The summed E-state index contributed by atoms with van der Waals surface area (Å²) in [6.45, 7) is 5.60. The molecule has 23 heavy (non-hydrogen) atoms. The number of hydrogen-bond acceptors (Lipinski definition) is 5. The maximum atomic E-state index is 12.0. The zero-order chi connectivity index (χ0) is 17.2. The average Bonchev–Trinajstić information content (AvgIpc) is 2.57. The number of hydrogen-bond donors (Lipinski definition) is 2. The molecule has 0 saturated carbocycles. The topological polar surface area (TPSA) is 68.8 Å². The first kappa shape index (κ1) is 19.1. The molecule has 0 aliphatic heterocycles. The molecule has 0 fully saturated rings. The van der Waals surface area contributed by atoms with Gasteiger partial charge >= 0.3 is 0 Å². The van der Waals surface area contributed by atoms with Crippen LogP contribution in [0.3, 0.4) is 0 Å². The van der Waals surface area contributed by atoms with Gasteiger partial charge < -0.3 is 24.8 Å². The summed E-state index contributed by atoms with van der Waals surface area (Å²) in [5.41, 5.74) is 0.917. The second kappa shape index (κ2) is 9.94. The molecule has 0 aliphatic rings. The highest BCUT2D eigenvalue weighted by Gasteiger charge is 2.16. The van der Waals surface area contributed by atoms with E-state index in [-0.39, 0.29) is 11.9 Å². The van der Waals surface area contributed by atoms with Crippen molar-refractivity contribution < 1.29 is 19.0 Å². The standard InChI is InChI=1S/C17H28N2O4/c1-6-18-12(2)11-19-15(20)10-8-13-7-9-14(21-3)17(23-5)16(13)22-4/h7,9,12,18H,6,8,10-11H2,1-5H3,(H,19,20)/t12-/m1/s1. The summed E-state index contributed by atoms with van der Waals surface area (Å²) in [6.07, 6.45) is 0.968. The number of carbonyl (C=O) groups is 1. The first-order valence-electron chi connectivity index (χ1n) is 7.85. The number of likely N-dealkylation sites (N-methyl/N-ethyl adjacent to an activating group) is 1. The average molecular weight is 324 g/mol. The molecule has 2 N–H and O–H groups in total. The van der Waals surface area contributed by atoms with E-state index in [0.29, 0.717) is 36.6 Å². The zero-order valence-corrected chi connectivity index (χ0v) is 14.7. The summed E-state index contributed by atoms with van der Waals surface area (Å²) >= 11 is 0. The van der Waals surface area contributed by atoms with Crippen molar-refractivity contribution in [1.29, 1.82) is 0 Å². The molecule has 0 saturated heterocycles. The largest absolute Gasteiger partial charge is 0.493 e. The minimum Gasteiger partial charge on any atom is -0.493 e. The molecule has 1 aromatic rings. The van der Waals surface area contributed by atoms with Gasteiger partial charge in [-0.15, -0.1) is 0 Å². The number of aryl methyl sites for hydroxylation is 1. The van der Waals surface area contributed by atoms with E-state index in [0.717, 1.165) is 12.1 Å². The monoisotopic (exact) mass is 324 g/mol. The van der Waals surface area contributed by atoms with Crippen LogP contribution in [0.5, 0.6) is 17.2 Å². The minimum atomic E-state index is 0.0200. The Morgan fingerprint density at radius 1 is 1.13 bits per heavy atom. The molecule has 0 spiro atoms. The van der Waals surface area contributed by atoms with Crippen LogP contribution in [-0.4, -0.2) is 46.4 Å². The quantitative estimate of drug-likeness (QED) is 0.686. The van der Waals surface area contributed by atoms with Crippen molar-refractivity contribution in [2.75, 3.05) is 34.4 Å². The van der Waals surface area contributed by atoms with E-state index in [1.54, 1.807) is 21.3 Å². The lowest BCUT2D eigenvalue weighted by Crippen LogP contribution is -2.38. The highest BCUT2D eigenvalue weighted by Crippen LogP contribution is 2.40. The van der Waals surface area contributed by atoms with Crippen LogP contribution in [0.25, 0.3) is 0 Å². The van der Waals surface area contributed by atoms with Crippen molar-refractivity contribution in [2.45, 2.75) is 32.7 Å². The van der Waals surface area contributed by atoms with Crippen molar-refractivity contribution in [3.05, 3.63) is 17.7 Å². The highest BCUT2D eigenvalue weighted by atomic mass is 16.5. The van der Waals surface area contributed by atoms with Crippen LogP contribution in [0.15, 0.2) is 12.1 Å². The summed E-state index contributed by atoms with van der Waals surface area (Å²) in [6, 6.07) is 3.98. The first-order chi connectivity index (χ1) is 11.1. The molecule has 0 heterocycles. The Morgan fingerprint density at radius 3 is 2.39 bits per heavy atom. The molecule has 6 heteroatoms. The van der Waals surface area contributed by atoms with Crippen LogP contribution in [0, 0.1) is 0 Å². The Hall–Kier alpha value is -1.95. The number of nitrogens with one attached hydrogen (secondary N) is 2. The van der Waals surface area contributed by atoms with Gasteiger partial charge in [0.1, 0.15) is 0 Å². The number of amides is 1. The van der Waals surface area contributed by atoms with Gasteiger partial charge in [-0.2, -0.15) is 0 Å². The first-order valence-corrected chi connectivity index (χ1v) is 7.85. The Balaban J connectivity index is 2.65. The van der Waals surface area contributed by atoms with E-state index in [1.165, 1.54) is 0 Å². The molecular weight excluding hydrogens is 296 g/mol. The van der Waals surface area contributed by atoms with E-state index in [2.05, 4.69) is 10.6 Å². The summed E-state index contributed by atoms with van der Waals surface area (Å²) in [5.74, 6) is 1.79. The number of carbonyl (C=O) groups excluding carboxylic acids is 1. The van der Waals surface area contributed by atoms with E-state index in [1.807, 2.05) is 26.0 Å². The van der Waals surface area contributed by atoms with Gasteiger partial charge in [0.25, 0.3) is 0 Å². The van der Waals surface area contributed by atoms with Crippen molar-refractivity contribution in [3.63, 3.8) is 0 Å². The predicted octanol–water partition coefficient (Wildman–Crippen LogP) is 1.76. The van der Waals surface area contributed by atoms with Crippen LogP contribution in [0.4, 0.5) is 0 Å². The summed E-state index contributed by atoms with van der Waals surface area (Å²) in [7, 11) is 4.73. The number of ether oxygens (including phenoxy) is 3. The fraction of sp³-hybridized carbons (Fsp3) is 0.588. The van der Waals surface area contributed by atoms with Gasteiger partial charge in [-0.05, 0) is 31.5 Å². The molecule has 130 valence electrons. The van der Waals surface area contributed by atoms with Gasteiger partial charge in [-0.25, -0.2) is 0 Å². The fourth-order valence-electron chi connectivity index (χ4n) is 2.38. The minimum absolute atomic E-state index is 0.0200. The molecule has 1 amide bonds. The van der Waals surface area contributed by atoms with Gasteiger partial charge in [0, 0.05) is 19.0 Å². The molecule has 1 rings (SSSR count). The van der Waals surface area contributed by atoms with Gasteiger partial charge in [-0.1, -0.05) is 13.0 Å². The van der Waals surface area contributed by atoms with Gasteiger partial charge in [0.15, 0.2) is 11.5 Å². The maximum Gasteiger partial charge on any atom is 0.220 e. The van der Waals surface area contributed by atoms with Crippen molar-refractivity contribution in [2.24, 2.45) is 0 Å². The van der Waals surface area contributed by atoms with Gasteiger partial charge in [0.05, 0.1) is 21.3 Å². The molecule has 1 atom stereocenters. The SMILES string of the molecule is CCN[C@H](C)CNC(=O)CCc1ccc(OC)c(OC)c1OC. The van der Waals surface area contributed by atoms with Crippen LogP contribution in [0.1, 0.15) is 25.8 Å². The smallest absolute Gasteiger partial charge is 0.220 e. The summed E-state index contributed by atoms with van der Waals surface area (Å²) < 4.78 is 16.0. The number of rotatable bonds is 10. The van der Waals surface area contributed by atoms with Crippen molar-refractivity contribution in [1.82, 2.24) is 10.6 Å². The molecule has 6 nitrogen and oxygen atoms in total. The third-order valence-corrected chi connectivity index (χ3v) is 3.57. The van der Waals surface area contributed by atoms with Crippen molar-refractivity contribution >= 4 is 5.91 Å². The number of benzene rings is 1. The molecule has 0 radical (unpaired) electrons. The van der Waals surface area contributed by atoms with Crippen LogP contribution in [0.2, 0.25) is 0 Å². The third kappa shape index (κ3) is 5.63. The second-order valence-electron chi connectivity index (χ2n) is 5.26. The third-order valence-electron chi connectivity index (χ3n) is 3.57. The fourth-order valence-corrected chi connectivity index (χ4v) is 2.38. The van der Waals surface area contributed by atoms with Crippen LogP contribution in [-0.2, 0) is 11.2 Å². The highest BCUT2D eigenvalue weighted by molar-refractivity contribution is 5.76. The second-order valence-corrected chi connectivity index (χ2v) is 5.26. The van der Waals surface area contributed by atoms with Gasteiger partial charge in [-0.3, -0.25) is 4.79 Å².